The van der Waals surface area contributed by atoms with Crippen LogP contribution in [-0.4, -0.2) is 128 Å². The maximum Gasteiger partial charge on any atom is 0.305 e. The SMILES string of the molecule is CCC(=O)[C@H](CC(=O)O)NC(=O)[C@@H](CC(=O)[C@H](CO)NC(=O)[C@H](CC(=O)O)CC(=O)[C@H](Cc1ccc(O)cc1)NC(=O)[C@H](CCC(=O)O)CC(=O)C1CC(N=[N+]=[N-])CN1)[C@H](C)CC. The molecule has 0 aliphatic carbocycles. The summed E-state index contributed by atoms with van der Waals surface area (Å²) in [6.45, 7) is 4.01. The number of carboxylic acid groups (broad SMARTS) is 3. The standard InChI is InChI=1S/C41H57N7O15/c1-4-21(3)27(41(63)45-30(18-38(59)60)32(51)5-2)17-35(54)31(20-49)46-40(62)24(15-37(57)58)14-34(53)29(12-22-6-9-26(50)10-7-22)44-39(61)23(8-11-36(55)56)13-33(52)28-16-25(19-43-28)47-48-42/h6-7,9-10,21,23-25,27-31,43,49-50H,4-5,8,11-20H2,1-3H3,(H,44,61)(H,45,63)(H,46,62)(H,55,56)(H,57,58)(H,59,60)/t21-,23-,24+,25?,27+,28?,29+,30+,31+/m1/s1. The molecule has 63 heavy (non-hydrogen) atoms. The summed E-state index contributed by atoms with van der Waals surface area (Å²) >= 11 is 0. The second-order valence-corrected chi connectivity index (χ2v) is 15.6. The third kappa shape index (κ3) is 17.9. The molecule has 0 bridgehead atoms. The molecule has 0 saturated carbocycles. The van der Waals surface area contributed by atoms with Crippen LogP contribution in [0.15, 0.2) is 29.4 Å². The van der Waals surface area contributed by atoms with Crippen LogP contribution >= 0.6 is 0 Å². The van der Waals surface area contributed by atoms with Gasteiger partial charge in [0.2, 0.25) is 17.7 Å². The highest BCUT2D eigenvalue weighted by Crippen LogP contribution is 2.23. The number of carboxylic acids is 3. The summed E-state index contributed by atoms with van der Waals surface area (Å²) in [5.74, 6) is -14.5. The van der Waals surface area contributed by atoms with Crippen molar-refractivity contribution < 1.29 is 73.5 Å². The number of ketones is 4. The van der Waals surface area contributed by atoms with Gasteiger partial charge >= 0.3 is 17.9 Å². The summed E-state index contributed by atoms with van der Waals surface area (Å²) < 4.78 is 0. The van der Waals surface area contributed by atoms with Crippen LogP contribution in [0.25, 0.3) is 10.4 Å². The Bertz CT molecular complexity index is 1880. The quantitative estimate of drug-likeness (QED) is 0.0295. The van der Waals surface area contributed by atoms with E-state index in [1.54, 1.807) is 13.8 Å². The van der Waals surface area contributed by atoms with E-state index in [9.17, 15) is 73.5 Å². The lowest BCUT2D eigenvalue weighted by molar-refractivity contribution is -0.143. The van der Waals surface area contributed by atoms with Gasteiger partial charge in [-0.3, -0.25) is 47.9 Å². The van der Waals surface area contributed by atoms with Gasteiger partial charge in [-0.2, -0.15) is 0 Å². The van der Waals surface area contributed by atoms with Gasteiger partial charge in [0, 0.05) is 55.4 Å². The molecule has 22 heteroatoms. The number of carbonyl (C=O) groups is 10. The van der Waals surface area contributed by atoms with Crippen LogP contribution in [0.2, 0.25) is 0 Å². The Hall–Kier alpha value is -6.25. The van der Waals surface area contributed by atoms with Crippen molar-refractivity contribution in [2.24, 2.45) is 28.8 Å². The number of rotatable bonds is 30. The average Bonchev–Trinajstić information content (AvgIpc) is 3.70. The van der Waals surface area contributed by atoms with Gasteiger partial charge in [0.25, 0.3) is 0 Å². The Morgan fingerprint density at radius 2 is 1.35 bits per heavy atom. The van der Waals surface area contributed by atoms with E-state index in [2.05, 4.69) is 31.3 Å². The largest absolute Gasteiger partial charge is 0.508 e. The number of azide groups is 1. The Labute approximate surface area is 362 Å². The Morgan fingerprint density at radius 3 is 1.90 bits per heavy atom. The predicted molar refractivity (Wildman–Crippen MR) is 220 cm³/mol. The van der Waals surface area contributed by atoms with E-state index in [1.165, 1.54) is 31.2 Å². The van der Waals surface area contributed by atoms with Crippen LogP contribution < -0.4 is 21.3 Å². The first-order valence-electron chi connectivity index (χ1n) is 20.6. The molecule has 1 aromatic carbocycles. The smallest absolute Gasteiger partial charge is 0.305 e. The minimum Gasteiger partial charge on any atom is -0.508 e. The molecule has 1 aromatic rings. The lowest BCUT2D eigenvalue weighted by Gasteiger charge is -2.27. The van der Waals surface area contributed by atoms with Crippen molar-refractivity contribution in [1.29, 1.82) is 0 Å². The van der Waals surface area contributed by atoms with E-state index in [0.29, 0.717) is 12.0 Å². The van der Waals surface area contributed by atoms with Crippen LogP contribution in [-0.2, 0) is 54.4 Å². The number of benzene rings is 1. The van der Waals surface area contributed by atoms with Crippen molar-refractivity contribution in [1.82, 2.24) is 21.3 Å². The Balaban J connectivity index is 2.37. The van der Waals surface area contributed by atoms with Crippen molar-refractivity contribution in [2.45, 2.75) is 122 Å². The van der Waals surface area contributed by atoms with Crippen molar-refractivity contribution in [2.75, 3.05) is 13.2 Å². The van der Waals surface area contributed by atoms with Gasteiger partial charge in [-0.05, 0) is 48.4 Å². The number of nitrogens with zero attached hydrogens (tertiary/aromatic N) is 3. The molecule has 9 atom stereocenters. The normalized spacial score (nSPS) is 17.8. The van der Waals surface area contributed by atoms with E-state index < -0.39 is 158 Å². The number of phenolic OH excluding ortho intramolecular Hbond substituents is 1. The maximum absolute atomic E-state index is 14.0. The van der Waals surface area contributed by atoms with Gasteiger partial charge in [-0.15, -0.1) is 0 Å². The third-order valence-corrected chi connectivity index (χ3v) is 11.0. The molecule has 2 unspecified atom stereocenters. The summed E-state index contributed by atoms with van der Waals surface area (Å²) in [5.41, 5.74) is 9.15. The molecule has 9 N–H and O–H groups in total. The van der Waals surface area contributed by atoms with Crippen molar-refractivity contribution in [3.8, 4) is 5.75 Å². The molecule has 0 radical (unpaired) electrons. The van der Waals surface area contributed by atoms with Crippen molar-refractivity contribution >= 4 is 58.8 Å². The number of amides is 3. The number of aliphatic hydroxyl groups is 1. The molecule has 1 heterocycles. The minimum atomic E-state index is -1.70. The highest BCUT2D eigenvalue weighted by atomic mass is 16.4. The molecule has 3 amide bonds. The summed E-state index contributed by atoms with van der Waals surface area (Å²) in [7, 11) is 0. The van der Waals surface area contributed by atoms with Gasteiger partial charge in [0.15, 0.2) is 23.1 Å². The van der Waals surface area contributed by atoms with Crippen LogP contribution in [0.5, 0.6) is 5.75 Å². The lowest BCUT2D eigenvalue weighted by atomic mass is 9.85. The van der Waals surface area contributed by atoms with Gasteiger partial charge < -0.3 is 46.8 Å². The fraction of sp³-hybridized carbons (Fsp3) is 0.610. The maximum atomic E-state index is 14.0. The molecule has 0 aromatic heterocycles. The number of Topliss-reactive ketones (excluding diaryl/α,β-unsaturated/α-hetero) is 4. The molecular formula is C41H57N7O15. The summed E-state index contributed by atoms with van der Waals surface area (Å²) in [6.07, 6.45) is -4.26. The fourth-order valence-corrected chi connectivity index (χ4v) is 7.05. The second-order valence-electron chi connectivity index (χ2n) is 15.6. The van der Waals surface area contributed by atoms with E-state index in [-0.39, 0.29) is 38.0 Å². The van der Waals surface area contributed by atoms with E-state index >= 15 is 0 Å². The molecular weight excluding hydrogens is 830 g/mol. The monoisotopic (exact) mass is 887 g/mol. The van der Waals surface area contributed by atoms with Crippen molar-refractivity contribution in [3.05, 3.63) is 40.3 Å². The summed E-state index contributed by atoms with van der Waals surface area (Å²) in [5, 5.41) is 62.0. The number of hydrogen-bond acceptors (Lipinski definition) is 14. The number of aromatic hydroxyl groups is 1. The number of aliphatic hydroxyl groups excluding tert-OH is 1. The average molecular weight is 888 g/mol. The molecule has 1 aliphatic rings. The number of phenols is 1. The van der Waals surface area contributed by atoms with Gasteiger partial charge in [0.1, 0.15) is 11.8 Å². The van der Waals surface area contributed by atoms with E-state index in [1.807, 2.05) is 0 Å². The molecule has 0 spiro atoms. The first-order chi connectivity index (χ1) is 29.7. The van der Waals surface area contributed by atoms with Crippen LogP contribution in [0, 0.1) is 23.7 Å². The molecule has 1 fully saturated rings. The molecule has 1 saturated heterocycles. The second kappa shape index (κ2) is 26.3. The predicted octanol–water partition coefficient (Wildman–Crippen LogP) is 0.988. The Morgan fingerprint density at radius 1 is 0.762 bits per heavy atom. The van der Waals surface area contributed by atoms with E-state index in [0.717, 1.165) is 0 Å². The molecule has 2 rings (SSSR count). The van der Waals surface area contributed by atoms with Gasteiger partial charge in [0.05, 0.1) is 49.5 Å². The lowest BCUT2D eigenvalue weighted by Crippen LogP contribution is -2.50. The highest BCUT2D eigenvalue weighted by Gasteiger charge is 2.37. The Kier molecular flexibility index (Phi) is 22.1. The first-order valence-corrected chi connectivity index (χ1v) is 20.6. The minimum absolute atomic E-state index is 0.0805. The fourth-order valence-electron chi connectivity index (χ4n) is 7.05. The summed E-state index contributed by atoms with van der Waals surface area (Å²) in [4.78, 5) is 132. The zero-order valence-electron chi connectivity index (χ0n) is 35.4. The zero-order chi connectivity index (χ0) is 47.4. The summed E-state index contributed by atoms with van der Waals surface area (Å²) in [6, 6.07) is -0.448. The molecule has 22 nitrogen and oxygen atoms in total. The van der Waals surface area contributed by atoms with E-state index in [4.69, 9.17) is 5.53 Å². The molecule has 1 aliphatic heterocycles. The third-order valence-electron chi connectivity index (χ3n) is 11.0. The zero-order valence-corrected chi connectivity index (χ0v) is 35.4. The van der Waals surface area contributed by atoms with Crippen LogP contribution in [0.1, 0.15) is 90.5 Å². The number of aliphatic carboxylic acids is 3. The first kappa shape index (κ1) is 52.9. The van der Waals surface area contributed by atoms with Gasteiger partial charge in [-0.1, -0.05) is 44.4 Å². The number of carbonyl (C=O) groups excluding carboxylic acids is 7. The topological polar surface area (TPSA) is 369 Å². The number of hydrogen-bond donors (Lipinski definition) is 9. The van der Waals surface area contributed by atoms with Crippen LogP contribution in [0.3, 0.4) is 0 Å². The highest BCUT2D eigenvalue weighted by molar-refractivity contribution is 5.98. The number of nitrogens with one attached hydrogen (secondary N) is 4. The molecule has 346 valence electrons. The van der Waals surface area contributed by atoms with Crippen LogP contribution in [0.4, 0.5) is 0 Å². The van der Waals surface area contributed by atoms with Crippen molar-refractivity contribution in [3.63, 3.8) is 0 Å². The van der Waals surface area contributed by atoms with Gasteiger partial charge in [-0.25, -0.2) is 0 Å².